The van der Waals surface area contributed by atoms with Gasteiger partial charge >= 0.3 is 0 Å². The molecular formula is C14H15N3O2. The average molecular weight is 257 g/mol. The number of nitrogens with zero attached hydrogens (tertiary/aromatic N) is 2. The van der Waals surface area contributed by atoms with Crippen molar-refractivity contribution in [2.24, 2.45) is 0 Å². The van der Waals surface area contributed by atoms with Crippen LogP contribution in [-0.4, -0.2) is 22.5 Å². The molecule has 0 unspecified atom stereocenters. The molecule has 19 heavy (non-hydrogen) atoms. The second kappa shape index (κ2) is 5.39. The van der Waals surface area contributed by atoms with E-state index >= 15 is 0 Å². The van der Waals surface area contributed by atoms with Crippen LogP contribution in [-0.2, 0) is 0 Å². The van der Waals surface area contributed by atoms with Gasteiger partial charge in [-0.1, -0.05) is 12.1 Å². The molecule has 0 spiro atoms. The Hall–Kier alpha value is -2.56. The van der Waals surface area contributed by atoms with Gasteiger partial charge in [0.15, 0.2) is 0 Å². The van der Waals surface area contributed by atoms with E-state index in [0.717, 1.165) is 0 Å². The lowest BCUT2D eigenvalue weighted by Crippen LogP contribution is -2.31. The minimum Gasteiger partial charge on any atom is -0.505 e. The van der Waals surface area contributed by atoms with Crippen LogP contribution < -0.4 is 10.6 Å². The third-order valence-electron chi connectivity index (χ3n) is 2.82. The Bertz CT molecular complexity index is 599. The second-order valence-corrected chi connectivity index (χ2v) is 4.00. The van der Waals surface area contributed by atoms with Crippen molar-refractivity contribution in [3.8, 4) is 5.75 Å². The zero-order valence-corrected chi connectivity index (χ0v) is 10.6. The molecule has 0 radical (unpaired) electrons. The fraction of sp³-hybridized carbons (Fsp3) is 0.143. The summed E-state index contributed by atoms with van der Waals surface area (Å²) < 4.78 is 0. The summed E-state index contributed by atoms with van der Waals surface area (Å²) in [7, 11) is 0. The molecule has 1 aromatic heterocycles. The van der Waals surface area contributed by atoms with E-state index in [4.69, 9.17) is 5.73 Å². The van der Waals surface area contributed by atoms with E-state index < -0.39 is 0 Å². The van der Waals surface area contributed by atoms with Gasteiger partial charge in [-0.15, -0.1) is 0 Å². The number of nitrogen functional groups attached to an aromatic ring is 1. The van der Waals surface area contributed by atoms with E-state index in [-0.39, 0.29) is 17.2 Å². The molecule has 0 bridgehead atoms. The highest BCUT2D eigenvalue weighted by atomic mass is 16.3. The van der Waals surface area contributed by atoms with E-state index in [1.807, 2.05) is 13.0 Å². The maximum Gasteiger partial charge on any atom is 0.262 e. The van der Waals surface area contributed by atoms with E-state index in [0.29, 0.717) is 17.9 Å². The van der Waals surface area contributed by atoms with E-state index in [1.165, 1.54) is 23.4 Å². The molecule has 1 amide bonds. The Balaban J connectivity index is 2.41. The number of benzene rings is 1. The highest BCUT2D eigenvalue weighted by Crippen LogP contribution is 2.26. The number of rotatable bonds is 3. The number of hydrogen-bond acceptors (Lipinski definition) is 4. The molecule has 3 N–H and O–H groups in total. The monoisotopic (exact) mass is 257 g/mol. The van der Waals surface area contributed by atoms with E-state index in [2.05, 4.69) is 4.98 Å². The van der Waals surface area contributed by atoms with Gasteiger partial charge in [-0.25, -0.2) is 0 Å². The average Bonchev–Trinajstić information content (AvgIpc) is 2.42. The second-order valence-electron chi connectivity index (χ2n) is 4.00. The van der Waals surface area contributed by atoms with Crippen molar-refractivity contribution >= 4 is 17.3 Å². The predicted molar refractivity (Wildman–Crippen MR) is 74.1 cm³/mol. The Morgan fingerprint density at radius 3 is 2.74 bits per heavy atom. The Labute approximate surface area is 111 Å². The molecule has 5 nitrogen and oxygen atoms in total. The van der Waals surface area contributed by atoms with Crippen molar-refractivity contribution < 1.29 is 9.90 Å². The van der Waals surface area contributed by atoms with Crippen LogP contribution in [0.15, 0.2) is 42.7 Å². The number of carbonyl (C=O) groups excluding carboxylic acids is 1. The minimum atomic E-state index is -0.305. The summed E-state index contributed by atoms with van der Waals surface area (Å²) in [6.07, 6.45) is 2.71. The summed E-state index contributed by atoms with van der Waals surface area (Å²) in [5.41, 5.74) is 7.24. The molecule has 0 saturated carbocycles. The summed E-state index contributed by atoms with van der Waals surface area (Å²) in [6.45, 7) is 2.30. The first kappa shape index (κ1) is 12.9. The van der Waals surface area contributed by atoms with Crippen molar-refractivity contribution in [3.05, 3.63) is 48.3 Å². The quantitative estimate of drug-likeness (QED) is 0.824. The van der Waals surface area contributed by atoms with Gasteiger partial charge in [-0.2, -0.15) is 0 Å². The van der Waals surface area contributed by atoms with Gasteiger partial charge in [0.1, 0.15) is 5.75 Å². The van der Waals surface area contributed by atoms with Crippen LogP contribution in [0.5, 0.6) is 5.75 Å². The molecule has 0 aliphatic carbocycles. The first-order chi connectivity index (χ1) is 9.15. The van der Waals surface area contributed by atoms with Crippen LogP contribution >= 0.6 is 0 Å². The van der Waals surface area contributed by atoms with Crippen molar-refractivity contribution in [1.29, 1.82) is 0 Å². The zero-order chi connectivity index (χ0) is 13.8. The summed E-state index contributed by atoms with van der Waals surface area (Å²) in [5.74, 6) is -0.444. The third kappa shape index (κ3) is 2.49. The fourth-order valence-electron chi connectivity index (χ4n) is 1.87. The molecule has 0 aliphatic heterocycles. The van der Waals surface area contributed by atoms with Crippen LogP contribution in [0.2, 0.25) is 0 Å². The third-order valence-corrected chi connectivity index (χ3v) is 2.82. The van der Waals surface area contributed by atoms with Crippen LogP contribution in [0, 0.1) is 0 Å². The molecule has 0 fully saturated rings. The minimum absolute atomic E-state index is 0.138. The van der Waals surface area contributed by atoms with Gasteiger partial charge in [0.05, 0.1) is 23.1 Å². The molecule has 2 aromatic rings. The molecule has 98 valence electrons. The largest absolute Gasteiger partial charge is 0.505 e. The number of aromatic nitrogens is 1. The van der Waals surface area contributed by atoms with Gasteiger partial charge < -0.3 is 15.7 Å². The molecule has 0 saturated heterocycles. The van der Waals surface area contributed by atoms with Crippen molar-refractivity contribution in [1.82, 2.24) is 4.98 Å². The lowest BCUT2D eigenvalue weighted by molar-refractivity contribution is 0.0985. The zero-order valence-electron chi connectivity index (χ0n) is 10.6. The summed E-state index contributed by atoms with van der Waals surface area (Å²) >= 11 is 0. The topological polar surface area (TPSA) is 79.5 Å². The number of pyridine rings is 1. The van der Waals surface area contributed by atoms with Gasteiger partial charge in [0.2, 0.25) is 0 Å². The number of hydrogen-bond donors (Lipinski definition) is 2. The predicted octanol–water partition coefficient (Wildman–Crippen LogP) is 2.04. The number of aromatic hydroxyl groups is 1. The molecule has 5 heteroatoms. The molecule has 0 aliphatic rings. The van der Waals surface area contributed by atoms with Crippen LogP contribution in [0.3, 0.4) is 0 Å². The van der Waals surface area contributed by atoms with Gasteiger partial charge in [0.25, 0.3) is 5.91 Å². The van der Waals surface area contributed by atoms with E-state index in [9.17, 15) is 9.90 Å². The van der Waals surface area contributed by atoms with Crippen molar-refractivity contribution in [3.63, 3.8) is 0 Å². The van der Waals surface area contributed by atoms with Gasteiger partial charge in [-0.05, 0) is 25.1 Å². The normalized spacial score (nSPS) is 10.2. The molecular weight excluding hydrogens is 242 g/mol. The Morgan fingerprint density at radius 2 is 2.11 bits per heavy atom. The van der Waals surface area contributed by atoms with Crippen molar-refractivity contribution in [2.45, 2.75) is 6.92 Å². The SMILES string of the molecule is CCN(C(=O)c1ccncc1O)c1ccccc1N. The van der Waals surface area contributed by atoms with Crippen LogP contribution in [0.4, 0.5) is 11.4 Å². The Kier molecular flexibility index (Phi) is 3.66. The van der Waals surface area contributed by atoms with Gasteiger partial charge in [-0.3, -0.25) is 9.78 Å². The van der Waals surface area contributed by atoms with Gasteiger partial charge in [0, 0.05) is 12.7 Å². The lowest BCUT2D eigenvalue weighted by atomic mass is 10.2. The first-order valence-corrected chi connectivity index (χ1v) is 5.94. The number of anilines is 2. The highest BCUT2D eigenvalue weighted by Gasteiger charge is 2.20. The molecule has 1 aromatic carbocycles. The standard InChI is InChI=1S/C14H15N3O2/c1-2-17(12-6-4-3-5-11(12)15)14(19)10-7-8-16-9-13(10)18/h3-9,18H,2,15H2,1H3. The number of amides is 1. The fourth-order valence-corrected chi connectivity index (χ4v) is 1.87. The number of para-hydroxylation sites is 2. The molecule has 1 heterocycles. The summed E-state index contributed by atoms with van der Waals surface area (Å²) in [4.78, 5) is 17.7. The number of nitrogens with two attached hydrogens (primary N) is 1. The lowest BCUT2D eigenvalue weighted by Gasteiger charge is -2.22. The summed E-state index contributed by atoms with van der Waals surface area (Å²) in [5, 5.41) is 9.70. The Morgan fingerprint density at radius 1 is 1.37 bits per heavy atom. The molecule has 2 rings (SSSR count). The molecule has 0 atom stereocenters. The first-order valence-electron chi connectivity index (χ1n) is 5.94. The maximum atomic E-state index is 12.4. The van der Waals surface area contributed by atoms with E-state index in [1.54, 1.807) is 18.2 Å². The highest BCUT2D eigenvalue weighted by molar-refractivity contribution is 6.09. The number of carbonyl (C=O) groups is 1. The van der Waals surface area contributed by atoms with Crippen LogP contribution in [0.25, 0.3) is 0 Å². The maximum absolute atomic E-state index is 12.4. The summed E-state index contributed by atoms with van der Waals surface area (Å²) in [6, 6.07) is 8.61. The van der Waals surface area contributed by atoms with Crippen molar-refractivity contribution in [2.75, 3.05) is 17.2 Å². The smallest absolute Gasteiger partial charge is 0.262 e. The van der Waals surface area contributed by atoms with Crippen LogP contribution in [0.1, 0.15) is 17.3 Å².